The molecule has 0 radical (unpaired) electrons. The Morgan fingerprint density at radius 1 is 0.765 bits per heavy atom. The number of ether oxygens (including phenoxy) is 1. The lowest BCUT2D eigenvalue weighted by molar-refractivity contribution is 0.381. The lowest BCUT2D eigenvalue weighted by atomic mass is 9.86. The van der Waals surface area contributed by atoms with Crippen LogP contribution in [-0.2, 0) is 0 Å². The fraction of sp³-hybridized carbons (Fsp3) is 0.500. The molecule has 2 aromatic carbocycles. The lowest BCUT2D eigenvalue weighted by Gasteiger charge is -2.21. The summed E-state index contributed by atoms with van der Waals surface area (Å²) in [6, 6.07) is 3.14. The van der Waals surface area contributed by atoms with Crippen molar-refractivity contribution in [3.05, 3.63) is 52.3 Å². The van der Waals surface area contributed by atoms with Crippen LogP contribution in [0, 0.1) is 29.1 Å². The summed E-state index contributed by atoms with van der Waals surface area (Å²) >= 11 is 0. The number of methoxy groups -OCH3 is 1. The third-order valence-electron chi connectivity index (χ3n) is 6.44. The second kappa shape index (κ2) is 12.2. The Balaban J connectivity index is 1.96. The molecule has 0 aromatic heterocycles. The van der Waals surface area contributed by atoms with Crippen LogP contribution in [-0.4, -0.2) is 18.4 Å². The molecule has 1 fully saturated rings. The maximum Gasteiger partial charge on any atom is 0.200 e. The molecular formula is C26H30F5NO2. The average molecular weight is 484 g/mol. The monoisotopic (exact) mass is 483 g/mol. The van der Waals surface area contributed by atoms with Gasteiger partial charge in [0.05, 0.1) is 7.11 Å². The Bertz CT molecular complexity index is 984. The molecule has 1 N–H and O–H groups in total. The van der Waals surface area contributed by atoms with Crippen molar-refractivity contribution >= 4 is 11.9 Å². The summed E-state index contributed by atoms with van der Waals surface area (Å²) in [7, 11) is 1.45. The quantitative estimate of drug-likeness (QED) is 0.206. The Kier molecular flexibility index (Phi) is 9.30. The van der Waals surface area contributed by atoms with E-state index in [-0.39, 0.29) is 17.2 Å². The summed E-state index contributed by atoms with van der Waals surface area (Å²) in [5.74, 6) is -10.1. The van der Waals surface area contributed by atoms with Crippen molar-refractivity contribution in [3.63, 3.8) is 0 Å². The van der Waals surface area contributed by atoms with Crippen LogP contribution < -0.4 is 4.74 Å². The summed E-state index contributed by atoms with van der Waals surface area (Å²) in [5, 5.41) is 11.0. The van der Waals surface area contributed by atoms with Gasteiger partial charge in [0, 0.05) is 17.3 Å². The molecule has 0 amide bonds. The molecule has 0 saturated heterocycles. The fourth-order valence-corrected chi connectivity index (χ4v) is 4.49. The van der Waals surface area contributed by atoms with E-state index in [1.54, 1.807) is 6.07 Å². The average Bonchev–Trinajstić information content (AvgIpc) is 2.83. The molecule has 0 heterocycles. The van der Waals surface area contributed by atoms with E-state index in [0.717, 1.165) is 44.7 Å². The number of hydrogen-bond donors (Lipinski definition) is 1. The Morgan fingerprint density at radius 3 is 1.74 bits per heavy atom. The normalized spacial score (nSPS) is 16.9. The minimum absolute atomic E-state index is 0.0517. The van der Waals surface area contributed by atoms with E-state index in [0.29, 0.717) is 11.3 Å². The van der Waals surface area contributed by atoms with E-state index in [2.05, 4.69) is 4.99 Å². The van der Waals surface area contributed by atoms with Crippen LogP contribution in [0.3, 0.4) is 0 Å². The van der Waals surface area contributed by atoms with Gasteiger partial charge in [-0.25, -0.2) is 26.9 Å². The Morgan fingerprint density at radius 2 is 1.24 bits per heavy atom. The van der Waals surface area contributed by atoms with Crippen molar-refractivity contribution in [2.75, 3.05) is 7.11 Å². The highest BCUT2D eigenvalue weighted by molar-refractivity contribution is 5.87. The minimum atomic E-state index is -2.25. The smallest absolute Gasteiger partial charge is 0.200 e. The zero-order valence-corrected chi connectivity index (χ0v) is 19.3. The summed E-state index contributed by atoms with van der Waals surface area (Å²) in [5.41, 5.74) is -0.606. The van der Waals surface area contributed by atoms with Crippen LogP contribution in [0.2, 0.25) is 0 Å². The molecule has 8 heteroatoms. The molecule has 2 aromatic rings. The number of nitrogens with zero attached hydrogens (tertiary/aromatic N) is 1. The zero-order valence-electron chi connectivity index (χ0n) is 19.3. The molecule has 0 unspecified atom stereocenters. The second-order valence-corrected chi connectivity index (χ2v) is 8.79. The highest BCUT2D eigenvalue weighted by Crippen LogP contribution is 2.39. The van der Waals surface area contributed by atoms with Crippen molar-refractivity contribution < 1.29 is 31.8 Å². The van der Waals surface area contributed by atoms with Crippen LogP contribution in [0.1, 0.15) is 87.7 Å². The van der Waals surface area contributed by atoms with Gasteiger partial charge in [-0.1, -0.05) is 57.8 Å². The number of halogens is 5. The van der Waals surface area contributed by atoms with E-state index >= 15 is 0 Å². The Labute approximate surface area is 196 Å². The van der Waals surface area contributed by atoms with Gasteiger partial charge in [0.15, 0.2) is 23.3 Å². The third kappa shape index (κ3) is 6.07. The number of aromatic hydroxyl groups is 1. The Hall–Kier alpha value is -2.64. The number of hydrogen-bond acceptors (Lipinski definition) is 3. The first-order valence-corrected chi connectivity index (χ1v) is 11.8. The van der Waals surface area contributed by atoms with E-state index in [4.69, 9.17) is 4.74 Å². The van der Waals surface area contributed by atoms with Gasteiger partial charge >= 0.3 is 0 Å². The number of phenols is 1. The van der Waals surface area contributed by atoms with Crippen LogP contribution in [0.15, 0.2) is 17.1 Å². The summed E-state index contributed by atoms with van der Waals surface area (Å²) in [6.45, 7) is 0. The largest absolute Gasteiger partial charge is 0.507 e. The van der Waals surface area contributed by atoms with Gasteiger partial charge in [0.2, 0.25) is 5.82 Å². The molecule has 0 atom stereocenters. The molecule has 34 heavy (non-hydrogen) atoms. The van der Waals surface area contributed by atoms with Crippen LogP contribution in [0.4, 0.5) is 27.6 Å². The molecule has 1 aliphatic carbocycles. The summed E-state index contributed by atoms with van der Waals surface area (Å²) in [6.07, 6.45) is 13.0. The van der Waals surface area contributed by atoms with Gasteiger partial charge in [-0.2, -0.15) is 0 Å². The van der Waals surface area contributed by atoms with Crippen LogP contribution >= 0.6 is 0 Å². The topological polar surface area (TPSA) is 41.8 Å². The van der Waals surface area contributed by atoms with Crippen molar-refractivity contribution in [1.82, 2.24) is 0 Å². The number of phenolic OH excluding ortho intramolecular Hbond substituents is 1. The van der Waals surface area contributed by atoms with Crippen molar-refractivity contribution in [3.8, 4) is 11.5 Å². The van der Waals surface area contributed by atoms with Gasteiger partial charge in [-0.05, 0) is 30.9 Å². The molecule has 0 aliphatic heterocycles. The van der Waals surface area contributed by atoms with Gasteiger partial charge in [-0.3, -0.25) is 0 Å². The molecule has 3 rings (SSSR count). The van der Waals surface area contributed by atoms with Crippen molar-refractivity contribution in [1.29, 1.82) is 0 Å². The predicted molar refractivity (Wildman–Crippen MR) is 122 cm³/mol. The molecule has 186 valence electrons. The van der Waals surface area contributed by atoms with Crippen LogP contribution in [0.5, 0.6) is 11.5 Å². The molecule has 1 saturated carbocycles. The van der Waals surface area contributed by atoms with Crippen LogP contribution in [0.25, 0.3) is 0 Å². The zero-order chi connectivity index (χ0) is 24.7. The molecule has 3 nitrogen and oxygen atoms in total. The van der Waals surface area contributed by atoms with Gasteiger partial charge in [0.1, 0.15) is 17.2 Å². The minimum Gasteiger partial charge on any atom is -0.507 e. The third-order valence-corrected chi connectivity index (χ3v) is 6.44. The SMILES string of the molecule is COc1cc(C=Nc2c(F)c(F)c(F)c(F)c2F)c(O)c(C2CCCCCCCCCCC2)c1. The van der Waals surface area contributed by atoms with E-state index in [1.807, 2.05) is 0 Å². The van der Waals surface area contributed by atoms with Gasteiger partial charge < -0.3 is 9.84 Å². The first kappa shape index (κ1) is 26.0. The molecule has 0 spiro atoms. The highest BCUT2D eigenvalue weighted by atomic mass is 19.2. The molecular weight excluding hydrogens is 453 g/mol. The summed E-state index contributed by atoms with van der Waals surface area (Å²) in [4.78, 5) is 3.51. The maximum atomic E-state index is 14.0. The standard InChI is InChI=1S/C26H30F5NO2/c1-34-18-13-17(15-32-25-23(30)21(28)20(27)22(29)24(25)31)26(33)19(14-18)16-11-9-7-5-3-2-4-6-8-10-12-16/h13-16,33H,2-12H2,1H3. The summed E-state index contributed by atoms with van der Waals surface area (Å²) < 4.78 is 73.7. The van der Waals surface area contributed by atoms with Gasteiger partial charge in [0.25, 0.3) is 0 Å². The number of benzene rings is 2. The fourth-order valence-electron chi connectivity index (χ4n) is 4.49. The van der Waals surface area contributed by atoms with Gasteiger partial charge in [-0.15, -0.1) is 0 Å². The van der Waals surface area contributed by atoms with E-state index in [9.17, 15) is 27.1 Å². The molecule has 0 bridgehead atoms. The second-order valence-electron chi connectivity index (χ2n) is 8.79. The predicted octanol–water partition coefficient (Wildman–Crippen LogP) is 8.24. The van der Waals surface area contributed by atoms with E-state index < -0.39 is 34.8 Å². The lowest BCUT2D eigenvalue weighted by Crippen LogP contribution is -2.04. The maximum absolute atomic E-state index is 14.0. The number of rotatable bonds is 4. The van der Waals surface area contributed by atoms with Crippen molar-refractivity contribution in [2.45, 2.75) is 76.5 Å². The first-order valence-electron chi connectivity index (χ1n) is 11.8. The van der Waals surface area contributed by atoms with E-state index in [1.165, 1.54) is 45.3 Å². The highest BCUT2D eigenvalue weighted by Gasteiger charge is 2.26. The first-order chi connectivity index (χ1) is 16.3. The molecule has 1 aliphatic rings. The number of aliphatic imine (C=N–C) groups is 1. The van der Waals surface area contributed by atoms with Crippen molar-refractivity contribution in [2.24, 2.45) is 4.99 Å².